The number of esters is 1. The van der Waals surface area contributed by atoms with Gasteiger partial charge in [0, 0.05) is 22.8 Å². The normalized spacial score (nSPS) is 18.6. The van der Waals surface area contributed by atoms with Crippen molar-refractivity contribution in [1.29, 1.82) is 5.26 Å². The fourth-order valence-corrected chi connectivity index (χ4v) is 5.39. The van der Waals surface area contributed by atoms with Gasteiger partial charge in [0.25, 0.3) is 0 Å². The average Bonchev–Trinajstić information content (AvgIpc) is 2.74. The van der Waals surface area contributed by atoms with Gasteiger partial charge >= 0.3 is 5.97 Å². The summed E-state index contributed by atoms with van der Waals surface area (Å²) in [6, 6.07) is 7.02. The summed E-state index contributed by atoms with van der Waals surface area (Å²) in [5.41, 5.74) is 1.35. The van der Waals surface area contributed by atoms with E-state index in [9.17, 15) is 14.4 Å². The summed E-state index contributed by atoms with van der Waals surface area (Å²) < 4.78 is 19.6. The van der Waals surface area contributed by atoms with Gasteiger partial charge in [-0.15, -0.1) is 0 Å². The molecule has 0 spiro atoms. The molecule has 3 rings (SSSR count). The lowest BCUT2D eigenvalue weighted by Crippen LogP contribution is -2.67. The molecule has 182 valence electrons. The minimum Gasteiger partial charge on any atom is -0.468 e. The van der Waals surface area contributed by atoms with Crippen molar-refractivity contribution in [1.82, 2.24) is 14.9 Å². The van der Waals surface area contributed by atoms with Gasteiger partial charge in [-0.25, -0.2) is 9.37 Å². The number of carbonyl (C=O) groups excluding carboxylic acids is 1. The number of anilines is 3. The molecule has 2 N–H and O–H groups in total. The van der Waals surface area contributed by atoms with Crippen LogP contribution >= 0.6 is 0 Å². The summed E-state index contributed by atoms with van der Waals surface area (Å²) >= 11 is 0. The summed E-state index contributed by atoms with van der Waals surface area (Å²) in [4.78, 5) is 22.9. The highest BCUT2D eigenvalue weighted by Crippen LogP contribution is 2.41. The van der Waals surface area contributed by atoms with Crippen molar-refractivity contribution in [3.63, 3.8) is 0 Å². The zero-order valence-corrected chi connectivity index (χ0v) is 20.9. The van der Waals surface area contributed by atoms with Crippen LogP contribution in [0.1, 0.15) is 58.6 Å². The Morgan fingerprint density at radius 1 is 1.29 bits per heavy atom. The molecular weight excluding hydrogens is 435 g/mol. The second-order valence-electron chi connectivity index (χ2n) is 10.1. The maximum absolute atomic E-state index is 14.6. The Hall–Kier alpha value is -3.25. The monoisotopic (exact) mass is 468 g/mol. The molecule has 0 amide bonds. The molecule has 2 heterocycles. The second kappa shape index (κ2) is 9.55. The number of hydrogen-bond acceptors (Lipinski definition) is 8. The Kier molecular flexibility index (Phi) is 7.13. The first-order valence-corrected chi connectivity index (χ1v) is 11.3. The standard InChI is InChI=1S/C25H33FN6O2/c1-15-8-9-18(10-17(15)13-27)30-23-28-14-20(26)21(31-23)29-19-11-24(3,4)32(25(5,6)12-19)16(2)22(33)34-7/h8-10,14,16,19H,11-12H2,1-7H3,(H2,28,29,30,31). The zero-order valence-electron chi connectivity index (χ0n) is 20.9. The number of piperidine rings is 1. The van der Waals surface area contributed by atoms with E-state index in [0.717, 1.165) is 11.8 Å². The topological polar surface area (TPSA) is 103 Å². The maximum atomic E-state index is 14.6. The predicted molar refractivity (Wildman–Crippen MR) is 129 cm³/mol. The van der Waals surface area contributed by atoms with Gasteiger partial charge in [-0.2, -0.15) is 10.2 Å². The number of ether oxygens (including phenoxy) is 1. The number of halogens is 1. The first-order valence-electron chi connectivity index (χ1n) is 11.3. The molecule has 0 bridgehead atoms. The molecule has 9 heteroatoms. The van der Waals surface area contributed by atoms with Crippen LogP contribution in [0.2, 0.25) is 0 Å². The van der Waals surface area contributed by atoms with E-state index in [2.05, 4.69) is 59.3 Å². The Balaban J connectivity index is 1.81. The van der Waals surface area contributed by atoms with Crippen molar-refractivity contribution in [2.75, 3.05) is 17.7 Å². The highest BCUT2D eigenvalue weighted by atomic mass is 19.1. The Bertz CT molecular complexity index is 1090. The SMILES string of the molecule is COC(=O)C(C)N1C(C)(C)CC(Nc2nc(Nc3ccc(C)c(C#N)c3)ncc2F)CC1(C)C. The maximum Gasteiger partial charge on any atom is 0.322 e. The third-order valence-corrected chi connectivity index (χ3v) is 6.42. The van der Waals surface area contributed by atoms with Crippen molar-refractivity contribution in [3.8, 4) is 6.07 Å². The van der Waals surface area contributed by atoms with Crippen molar-refractivity contribution < 1.29 is 13.9 Å². The van der Waals surface area contributed by atoms with Gasteiger partial charge in [-0.1, -0.05) is 6.07 Å². The minimum atomic E-state index is -0.548. The van der Waals surface area contributed by atoms with Crippen LogP contribution < -0.4 is 10.6 Å². The van der Waals surface area contributed by atoms with Crippen molar-refractivity contribution in [2.45, 2.75) is 77.5 Å². The summed E-state index contributed by atoms with van der Waals surface area (Å²) in [5, 5.41) is 15.6. The first-order chi connectivity index (χ1) is 15.9. The van der Waals surface area contributed by atoms with Crippen LogP contribution in [0, 0.1) is 24.1 Å². The Morgan fingerprint density at radius 3 is 2.53 bits per heavy atom. The van der Waals surface area contributed by atoms with E-state index in [-0.39, 0.29) is 34.9 Å². The lowest BCUT2D eigenvalue weighted by Gasteiger charge is -2.57. The van der Waals surface area contributed by atoms with E-state index in [0.29, 0.717) is 24.1 Å². The molecule has 1 aromatic carbocycles. The molecule has 1 fully saturated rings. The van der Waals surface area contributed by atoms with E-state index in [1.807, 2.05) is 26.0 Å². The van der Waals surface area contributed by atoms with Crippen LogP contribution in [0.5, 0.6) is 0 Å². The molecule has 8 nitrogen and oxygen atoms in total. The predicted octanol–water partition coefficient (Wildman–Crippen LogP) is 4.53. The number of aryl methyl sites for hydroxylation is 1. The molecule has 0 radical (unpaired) electrons. The fraction of sp³-hybridized carbons (Fsp3) is 0.520. The molecule has 34 heavy (non-hydrogen) atoms. The largest absolute Gasteiger partial charge is 0.468 e. The van der Waals surface area contributed by atoms with Gasteiger partial charge < -0.3 is 15.4 Å². The Labute approximate surface area is 200 Å². The van der Waals surface area contributed by atoms with E-state index >= 15 is 0 Å². The third-order valence-electron chi connectivity index (χ3n) is 6.42. The van der Waals surface area contributed by atoms with Crippen LogP contribution in [0.4, 0.5) is 21.8 Å². The lowest BCUT2D eigenvalue weighted by molar-refractivity contribution is -0.156. The van der Waals surface area contributed by atoms with Crippen molar-refractivity contribution in [2.24, 2.45) is 0 Å². The molecule has 1 aliphatic rings. The smallest absolute Gasteiger partial charge is 0.322 e. The van der Waals surface area contributed by atoms with Gasteiger partial charge in [0.1, 0.15) is 6.04 Å². The van der Waals surface area contributed by atoms with Crippen LogP contribution in [0.15, 0.2) is 24.4 Å². The highest BCUT2D eigenvalue weighted by molar-refractivity contribution is 5.75. The van der Waals surface area contributed by atoms with Gasteiger partial charge in [0.05, 0.1) is 24.9 Å². The summed E-state index contributed by atoms with van der Waals surface area (Å²) in [6.07, 6.45) is 2.47. The van der Waals surface area contributed by atoms with E-state index in [4.69, 9.17) is 4.74 Å². The number of benzene rings is 1. The van der Waals surface area contributed by atoms with Crippen molar-refractivity contribution >= 4 is 23.4 Å². The summed E-state index contributed by atoms with van der Waals surface area (Å²) in [7, 11) is 1.40. The van der Waals surface area contributed by atoms with E-state index in [1.54, 1.807) is 6.07 Å². The van der Waals surface area contributed by atoms with Gasteiger partial charge in [0.2, 0.25) is 5.95 Å². The van der Waals surface area contributed by atoms with Gasteiger partial charge in [-0.3, -0.25) is 9.69 Å². The van der Waals surface area contributed by atoms with Crippen molar-refractivity contribution in [3.05, 3.63) is 41.3 Å². The number of nitrogens with zero attached hydrogens (tertiary/aromatic N) is 4. The average molecular weight is 469 g/mol. The summed E-state index contributed by atoms with van der Waals surface area (Å²) in [5.74, 6) is -0.489. The first kappa shape index (κ1) is 25.4. The number of rotatable bonds is 6. The van der Waals surface area contributed by atoms with Crippen LogP contribution in [-0.2, 0) is 9.53 Å². The summed E-state index contributed by atoms with van der Waals surface area (Å²) in [6.45, 7) is 12.0. The zero-order chi connectivity index (χ0) is 25.3. The molecule has 1 unspecified atom stereocenters. The number of likely N-dealkylation sites (tertiary alicyclic amines) is 1. The second-order valence-corrected chi connectivity index (χ2v) is 10.1. The Morgan fingerprint density at radius 2 is 1.94 bits per heavy atom. The number of nitriles is 1. The fourth-order valence-electron chi connectivity index (χ4n) is 5.39. The minimum absolute atomic E-state index is 0.0760. The molecule has 0 saturated carbocycles. The molecular formula is C25H33FN6O2. The third kappa shape index (κ3) is 5.28. The molecule has 1 saturated heterocycles. The molecule has 1 aromatic heterocycles. The van der Waals surface area contributed by atoms with E-state index < -0.39 is 11.9 Å². The molecule has 1 aliphatic heterocycles. The van der Waals surface area contributed by atoms with Crippen LogP contribution in [0.25, 0.3) is 0 Å². The number of nitrogens with one attached hydrogen (secondary N) is 2. The lowest BCUT2D eigenvalue weighted by atomic mass is 9.75. The van der Waals surface area contributed by atoms with Crippen LogP contribution in [0.3, 0.4) is 0 Å². The molecule has 1 atom stereocenters. The highest BCUT2D eigenvalue weighted by Gasteiger charge is 2.49. The quantitative estimate of drug-likeness (QED) is 0.596. The van der Waals surface area contributed by atoms with Gasteiger partial charge in [-0.05, 0) is 72.1 Å². The van der Waals surface area contributed by atoms with E-state index in [1.165, 1.54) is 7.11 Å². The van der Waals surface area contributed by atoms with Gasteiger partial charge in [0.15, 0.2) is 11.6 Å². The number of hydrogen-bond donors (Lipinski definition) is 2. The molecule has 2 aromatic rings. The number of carbonyl (C=O) groups is 1. The van der Waals surface area contributed by atoms with Crippen LogP contribution in [-0.4, -0.2) is 51.1 Å². The molecule has 0 aliphatic carbocycles. The number of aromatic nitrogens is 2. The number of methoxy groups -OCH3 is 1.